The van der Waals surface area contributed by atoms with E-state index in [9.17, 15) is 9.90 Å². The van der Waals surface area contributed by atoms with Crippen molar-refractivity contribution in [3.05, 3.63) is 71.4 Å². The lowest BCUT2D eigenvalue weighted by atomic mass is 9.74. The van der Waals surface area contributed by atoms with Gasteiger partial charge in [-0.05, 0) is 49.1 Å². The van der Waals surface area contributed by atoms with Crippen LogP contribution in [0.25, 0.3) is 10.9 Å². The van der Waals surface area contributed by atoms with Crippen molar-refractivity contribution in [2.75, 3.05) is 13.1 Å². The van der Waals surface area contributed by atoms with E-state index in [0.717, 1.165) is 37.0 Å². The minimum Gasteiger partial charge on any atom is -0.384 e. The summed E-state index contributed by atoms with van der Waals surface area (Å²) in [5.41, 5.74) is 8.35. The average Bonchev–Trinajstić information content (AvgIpc) is 3.21. The van der Waals surface area contributed by atoms with Gasteiger partial charge in [0.05, 0.1) is 5.60 Å². The largest absolute Gasteiger partial charge is 0.384 e. The van der Waals surface area contributed by atoms with Crippen LogP contribution in [0.3, 0.4) is 0 Å². The highest BCUT2D eigenvalue weighted by Crippen LogP contribution is 2.52. The number of fused-ring (bicyclic) bond motifs is 3. The van der Waals surface area contributed by atoms with Crippen LogP contribution < -0.4 is 5.73 Å². The number of aliphatic hydroxyl groups is 1. The van der Waals surface area contributed by atoms with E-state index in [1.807, 2.05) is 12.1 Å². The molecule has 150 valence electrons. The van der Waals surface area contributed by atoms with Crippen molar-refractivity contribution >= 4 is 16.8 Å². The molecule has 3 aromatic rings. The summed E-state index contributed by atoms with van der Waals surface area (Å²) in [6.45, 7) is 3.94. The second kappa shape index (κ2) is 6.71. The van der Waals surface area contributed by atoms with Crippen LogP contribution in [0.2, 0.25) is 0 Å². The Hall–Kier alpha value is -2.63. The highest BCUT2D eigenvalue weighted by molar-refractivity contribution is 5.93. The molecular weight excluding hydrogens is 362 g/mol. The summed E-state index contributed by atoms with van der Waals surface area (Å²) >= 11 is 0. The third-order valence-corrected chi connectivity index (χ3v) is 7.25. The summed E-state index contributed by atoms with van der Waals surface area (Å²) in [5, 5.41) is 13.0. The van der Waals surface area contributed by atoms with Gasteiger partial charge in [0.15, 0.2) is 0 Å². The number of benzene rings is 2. The summed E-state index contributed by atoms with van der Waals surface area (Å²) < 4.78 is 0. The van der Waals surface area contributed by atoms with Gasteiger partial charge >= 0.3 is 0 Å². The predicted octanol–water partition coefficient (Wildman–Crippen LogP) is 3.56. The first-order valence-electron chi connectivity index (χ1n) is 10.4. The van der Waals surface area contributed by atoms with Gasteiger partial charge in [-0.25, -0.2) is 0 Å². The molecule has 2 fully saturated rings. The molecule has 1 saturated carbocycles. The monoisotopic (exact) mass is 389 g/mol. The number of amides is 1. The molecule has 3 unspecified atom stereocenters. The molecule has 0 spiro atoms. The van der Waals surface area contributed by atoms with Gasteiger partial charge in [0.25, 0.3) is 0 Å². The number of piperidine rings is 1. The van der Waals surface area contributed by atoms with Crippen molar-refractivity contribution in [2.45, 2.75) is 31.4 Å². The van der Waals surface area contributed by atoms with Crippen molar-refractivity contribution in [3.8, 4) is 0 Å². The topological polar surface area (TPSA) is 82.3 Å². The minimum absolute atomic E-state index is 0.150. The predicted molar refractivity (Wildman–Crippen MR) is 113 cm³/mol. The van der Waals surface area contributed by atoms with Gasteiger partial charge < -0.3 is 15.8 Å². The maximum absolute atomic E-state index is 11.8. The Morgan fingerprint density at radius 3 is 2.62 bits per heavy atom. The second-order valence-corrected chi connectivity index (χ2v) is 8.66. The Balaban J connectivity index is 1.44. The van der Waals surface area contributed by atoms with E-state index in [0.29, 0.717) is 5.56 Å². The third-order valence-electron chi connectivity index (χ3n) is 7.25. The Labute approximate surface area is 170 Å². The third kappa shape index (κ3) is 2.80. The van der Waals surface area contributed by atoms with Gasteiger partial charge in [0.1, 0.15) is 0 Å². The Bertz CT molecular complexity index is 1060. The standard InChI is InChI=1S/C24H27N3O2/c1-15(21-12-26-22-8-3-2-7-20(21)22)27-13-18-9-10-19(14-27)24(18,29)17-6-4-5-16(11-17)23(25)28/h2-8,11-12,15,18-19,26,29H,9-10,13-14H2,1H3,(H2,25,28). The fourth-order valence-corrected chi connectivity index (χ4v) is 5.62. The number of aromatic amines is 1. The zero-order valence-electron chi connectivity index (χ0n) is 16.6. The number of primary amides is 1. The number of nitrogens with two attached hydrogens (primary N) is 1. The first kappa shape index (κ1) is 18.4. The van der Waals surface area contributed by atoms with E-state index in [1.165, 1.54) is 10.9 Å². The maximum atomic E-state index is 11.8. The molecular formula is C24H27N3O2. The van der Waals surface area contributed by atoms with E-state index >= 15 is 0 Å². The average molecular weight is 389 g/mol. The van der Waals surface area contributed by atoms with E-state index in [1.54, 1.807) is 12.1 Å². The number of nitrogens with one attached hydrogen (secondary N) is 1. The molecule has 5 nitrogen and oxygen atoms in total. The Kier molecular flexibility index (Phi) is 4.26. The van der Waals surface area contributed by atoms with Gasteiger partial charge in [0.2, 0.25) is 5.91 Å². The van der Waals surface area contributed by atoms with Crippen LogP contribution in [-0.4, -0.2) is 34.0 Å². The molecule has 1 saturated heterocycles. The minimum atomic E-state index is -0.887. The number of hydrogen-bond donors (Lipinski definition) is 3. The van der Waals surface area contributed by atoms with Crippen molar-refractivity contribution in [1.29, 1.82) is 0 Å². The zero-order chi connectivity index (χ0) is 20.2. The molecule has 2 heterocycles. The highest BCUT2D eigenvalue weighted by atomic mass is 16.3. The van der Waals surface area contributed by atoms with Crippen LogP contribution in [0.1, 0.15) is 47.3 Å². The number of nitrogens with zero attached hydrogens (tertiary/aromatic N) is 1. The molecule has 1 amide bonds. The van der Waals surface area contributed by atoms with Crippen molar-refractivity contribution < 1.29 is 9.90 Å². The first-order valence-corrected chi connectivity index (χ1v) is 10.4. The second-order valence-electron chi connectivity index (χ2n) is 8.66. The van der Waals surface area contributed by atoms with Gasteiger partial charge in [-0.1, -0.05) is 30.3 Å². The normalized spacial score (nSPS) is 27.9. The van der Waals surface area contributed by atoms with Crippen LogP contribution in [0.4, 0.5) is 0 Å². The first-order chi connectivity index (χ1) is 14.0. The van der Waals surface area contributed by atoms with Gasteiger partial charge in [-0.2, -0.15) is 0 Å². The Morgan fingerprint density at radius 2 is 1.90 bits per heavy atom. The number of para-hydroxylation sites is 1. The van der Waals surface area contributed by atoms with Gasteiger partial charge in [-0.15, -0.1) is 0 Å². The summed E-state index contributed by atoms with van der Waals surface area (Å²) in [6.07, 6.45) is 4.12. The highest BCUT2D eigenvalue weighted by Gasteiger charge is 2.54. The molecule has 1 aliphatic carbocycles. The number of carbonyl (C=O) groups excluding carboxylic acids is 1. The molecule has 5 heteroatoms. The lowest BCUT2D eigenvalue weighted by molar-refractivity contribution is -0.0969. The summed E-state index contributed by atoms with van der Waals surface area (Å²) in [5.74, 6) is -0.151. The molecule has 2 bridgehead atoms. The SMILES string of the molecule is CC(c1c[nH]c2ccccc12)N1CC2CCC(C1)C2(O)c1cccc(C(N)=O)c1. The van der Waals surface area contributed by atoms with E-state index in [4.69, 9.17) is 5.73 Å². The van der Waals surface area contributed by atoms with E-state index in [2.05, 4.69) is 47.3 Å². The summed E-state index contributed by atoms with van der Waals surface area (Å²) in [7, 11) is 0. The molecule has 0 radical (unpaired) electrons. The lowest BCUT2D eigenvalue weighted by Gasteiger charge is -2.46. The molecule has 29 heavy (non-hydrogen) atoms. The number of hydrogen-bond acceptors (Lipinski definition) is 3. The number of likely N-dealkylation sites (tertiary alicyclic amines) is 1. The number of aromatic nitrogens is 1. The van der Waals surface area contributed by atoms with Crippen LogP contribution in [0.15, 0.2) is 54.7 Å². The quantitative estimate of drug-likeness (QED) is 0.638. The molecule has 1 aromatic heterocycles. The van der Waals surface area contributed by atoms with E-state index in [-0.39, 0.29) is 17.9 Å². The van der Waals surface area contributed by atoms with Gasteiger partial charge in [-0.3, -0.25) is 9.69 Å². The fraction of sp³-hybridized carbons (Fsp3) is 0.375. The van der Waals surface area contributed by atoms with Gasteiger partial charge in [0, 0.05) is 53.6 Å². The van der Waals surface area contributed by atoms with Crippen molar-refractivity contribution in [3.63, 3.8) is 0 Å². The molecule has 4 N–H and O–H groups in total. The number of H-pyrrole nitrogens is 1. The van der Waals surface area contributed by atoms with E-state index < -0.39 is 11.5 Å². The summed E-state index contributed by atoms with van der Waals surface area (Å²) in [4.78, 5) is 17.5. The van der Waals surface area contributed by atoms with Crippen LogP contribution in [0.5, 0.6) is 0 Å². The molecule has 5 rings (SSSR count). The maximum Gasteiger partial charge on any atom is 0.248 e. The Morgan fingerprint density at radius 1 is 1.17 bits per heavy atom. The summed E-state index contributed by atoms with van der Waals surface area (Å²) in [6, 6.07) is 15.9. The van der Waals surface area contributed by atoms with Crippen LogP contribution in [-0.2, 0) is 5.60 Å². The lowest BCUT2D eigenvalue weighted by Crippen LogP contribution is -2.52. The molecule has 2 aromatic carbocycles. The van der Waals surface area contributed by atoms with Crippen molar-refractivity contribution in [1.82, 2.24) is 9.88 Å². The zero-order valence-corrected chi connectivity index (χ0v) is 16.6. The van der Waals surface area contributed by atoms with Crippen molar-refractivity contribution in [2.24, 2.45) is 17.6 Å². The molecule has 3 atom stereocenters. The molecule has 1 aliphatic heterocycles. The number of rotatable bonds is 4. The number of carbonyl (C=O) groups is 1. The molecule has 2 aliphatic rings. The van der Waals surface area contributed by atoms with Crippen LogP contribution in [0, 0.1) is 11.8 Å². The van der Waals surface area contributed by atoms with Crippen LogP contribution >= 0.6 is 0 Å². The smallest absolute Gasteiger partial charge is 0.248 e. The fourth-order valence-electron chi connectivity index (χ4n) is 5.62.